The predicted octanol–water partition coefficient (Wildman–Crippen LogP) is 4.19. The lowest BCUT2D eigenvalue weighted by molar-refractivity contribution is 0.0955. The van der Waals surface area contributed by atoms with E-state index in [1.54, 1.807) is 24.3 Å². The van der Waals surface area contributed by atoms with Crippen molar-refractivity contribution in [1.29, 1.82) is 0 Å². The van der Waals surface area contributed by atoms with Gasteiger partial charge in [0.2, 0.25) is 0 Å². The number of ether oxygens (including phenoxy) is 1. The molecule has 0 aromatic heterocycles. The minimum atomic E-state index is -0.236. The summed E-state index contributed by atoms with van der Waals surface area (Å²) in [6.07, 6.45) is 2.20. The molecule has 0 aliphatic heterocycles. The molecule has 0 fully saturated rings. The van der Waals surface area contributed by atoms with Gasteiger partial charge in [-0.3, -0.25) is 4.79 Å². The number of hydrazone groups is 1. The summed E-state index contributed by atoms with van der Waals surface area (Å²) in [7, 11) is 0. The third-order valence-electron chi connectivity index (χ3n) is 3.66. The normalized spacial score (nSPS) is 11.2. The number of rotatable bonds is 7. The number of hydrogen-bond donors (Lipinski definition) is 1. The fourth-order valence-electron chi connectivity index (χ4n) is 2.33. The van der Waals surface area contributed by atoms with Crippen LogP contribution in [0.1, 0.15) is 48.7 Å². The van der Waals surface area contributed by atoms with Crippen LogP contribution in [0.2, 0.25) is 0 Å². The van der Waals surface area contributed by atoms with Gasteiger partial charge in [-0.2, -0.15) is 5.10 Å². The maximum Gasteiger partial charge on any atom is 0.271 e. The van der Waals surface area contributed by atoms with Crippen molar-refractivity contribution in [3.05, 3.63) is 65.2 Å². The summed E-state index contributed by atoms with van der Waals surface area (Å²) in [6, 6.07) is 15.3. The highest BCUT2D eigenvalue weighted by molar-refractivity contribution is 6.00. The van der Waals surface area contributed by atoms with Gasteiger partial charge in [0.1, 0.15) is 5.75 Å². The van der Waals surface area contributed by atoms with Gasteiger partial charge < -0.3 is 4.74 Å². The minimum absolute atomic E-state index is 0.236. The second kappa shape index (κ2) is 8.87. The topological polar surface area (TPSA) is 50.7 Å². The number of carbonyl (C=O) groups is 1. The second-order valence-corrected chi connectivity index (χ2v) is 5.54. The highest BCUT2D eigenvalue weighted by Gasteiger charge is 2.05. The number of carbonyl (C=O) groups excluding carboxylic acids is 1. The molecule has 126 valence electrons. The summed E-state index contributed by atoms with van der Waals surface area (Å²) in [6.45, 7) is 6.57. The monoisotopic (exact) mass is 324 g/mol. The average Bonchev–Trinajstić information content (AvgIpc) is 2.61. The van der Waals surface area contributed by atoms with Crippen LogP contribution in [-0.2, 0) is 6.42 Å². The van der Waals surface area contributed by atoms with Crippen molar-refractivity contribution in [2.75, 3.05) is 6.61 Å². The van der Waals surface area contributed by atoms with Gasteiger partial charge in [-0.1, -0.05) is 37.6 Å². The van der Waals surface area contributed by atoms with E-state index in [4.69, 9.17) is 4.74 Å². The van der Waals surface area contributed by atoms with Crippen LogP contribution in [0.3, 0.4) is 0 Å². The highest BCUT2D eigenvalue weighted by atomic mass is 16.5. The summed E-state index contributed by atoms with van der Waals surface area (Å²) in [5.41, 5.74) is 6.24. The molecule has 0 saturated heterocycles. The van der Waals surface area contributed by atoms with Gasteiger partial charge in [0, 0.05) is 5.56 Å². The second-order valence-electron chi connectivity index (χ2n) is 5.54. The van der Waals surface area contributed by atoms with Crippen LogP contribution in [-0.4, -0.2) is 18.2 Å². The largest absolute Gasteiger partial charge is 0.494 e. The first-order valence-electron chi connectivity index (χ1n) is 8.30. The third kappa shape index (κ3) is 4.95. The Hall–Kier alpha value is -2.62. The number of nitrogens with one attached hydrogen (secondary N) is 1. The molecule has 0 aliphatic rings. The summed E-state index contributed by atoms with van der Waals surface area (Å²) in [5, 5.41) is 4.19. The maximum atomic E-state index is 12.1. The molecular formula is C20H24N2O2. The Morgan fingerprint density at radius 2 is 1.62 bits per heavy atom. The van der Waals surface area contributed by atoms with E-state index in [9.17, 15) is 4.79 Å². The molecule has 2 rings (SSSR count). The molecule has 0 unspecified atom stereocenters. The van der Waals surface area contributed by atoms with Gasteiger partial charge in [0.05, 0.1) is 12.3 Å². The third-order valence-corrected chi connectivity index (χ3v) is 3.66. The average molecular weight is 324 g/mol. The standard InChI is InChI=1S/C20H24N2O2/c1-4-6-16-7-9-17(10-8-16)15(3)21-22-20(23)18-11-13-19(14-12-18)24-5-2/h7-14H,4-6H2,1-3H3,(H,22,23)/b21-15+. The molecule has 4 heteroatoms. The molecule has 1 N–H and O–H groups in total. The van der Waals surface area contributed by atoms with Crippen LogP contribution >= 0.6 is 0 Å². The number of amides is 1. The van der Waals surface area contributed by atoms with E-state index in [-0.39, 0.29) is 5.91 Å². The molecule has 0 aliphatic carbocycles. The van der Waals surface area contributed by atoms with Crippen LogP contribution in [0.4, 0.5) is 0 Å². The van der Waals surface area contributed by atoms with Crippen molar-refractivity contribution in [2.24, 2.45) is 5.10 Å². The summed E-state index contributed by atoms with van der Waals surface area (Å²) in [4.78, 5) is 12.1. The van der Waals surface area contributed by atoms with Crippen molar-refractivity contribution < 1.29 is 9.53 Å². The van der Waals surface area contributed by atoms with E-state index >= 15 is 0 Å². The Balaban J connectivity index is 1.99. The first kappa shape index (κ1) is 17.7. The highest BCUT2D eigenvalue weighted by Crippen LogP contribution is 2.12. The van der Waals surface area contributed by atoms with E-state index in [2.05, 4.69) is 29.6 Å². The zero-order chi connectivity index (χ0) is 17.4. The molecule has 1 amide bonds. The summed E-state index contributed by atoms with van der Waals surface area (Å²) in [5.74, 6) is 0.515. The van der Waals surface area contributed by atoms with E-state index in [1.807, 2.05) is 26.0 Å². The number of aryl methyl sites for hydroxylation is 1. The van der Waals surface area contributed by atoms with Gasteiger partial charge >= 0.3 is 0 Å². The van der Waals surface area contributed by atoms with Crippen LogP contribution in [0.15, 0.2) is 53.6 Å². The molecule has 4 nitrogen and oxygen atoms in total. The first-order valence-corrected chi connectivity index (χ1v) is 8.30. The maximum absolute atomic E-state index is 12.1. The van der Waals surface area contributed by atoms with E-state index in [1.165, 1.54) is 5.56 Å². The zero-order valence-corrected chi connectivity index (χ0v) is 14.5. The zero-order valence-electron chi connectivity index (χ0n) is 14.5. The fourth-order valence-corrected chi connectivity index (χ4v) is 2.33. The number of hydrogen-bond acceptors (Lipinski definition) is 3. The Kier molecular flexibility index (Phi) is 6.55. The Morgan fingerprint density at radius 1 is 1.00 bits per heavy atom. The van der Waals surface area contributed by atoms with Gasteiger partial charge in [0.25, 0.3) is 5.91 Å². The number of benzene rings is 2. The molecule has 0 radical (unpaired) electrons. The van der Waals surface area contributed by atoms with Crippen molar-refractivity contribution in [2.45, 2.75) is 33.6 Å². The summed E-state index contributed by atoms with van der Waals surface area (Å²) < 4.78 is 5.36. The summed E-state index contributed by atoms with van der Waals surface area (Å²) >= 11 is 0. The lowest BCUT2D eigenvalue weighted by Gasteiger charge is -2.06. The predicted molar refractivity (Wildman–Crippen MR) is 97.7 cm³/mol. The van der Waals surface area contributed by atoms with E-state index in [0.717, 1.165) is 29.9 Å². The van der Waals surface area contributed by atoms with Crippen molar-refractivity contribution >= 4 is 11.6 Å². The molecule has 24 heavy (non-hydrogen) atoms. The molecule has 2 aromatic carbocycles. The lowest BCUT2D eigenvalue weighted by Crippen LogP contribution is -2.19. The van der Waals surface area contributed by atoms with Crippen molar-refractivity contribution in [3.63, 3.8) is 0 Å². The molecule has 0 saturated carbocycles. The number of nitrogens with zero attached hydrogens (tertiary/aromatic N) is 1. The molecule has 0 atom stereocenters. The quantitative estimate of drug-likeness (QED) is 0.613. The van der Waals surface area contributed by atoms with Crippen LogP contribution in [0.5, 0.6) is 5.75 Å². The van der Waals surface area contributed by atoms with Gasteiger partial charge in [-0.15, -0.1) is 0 Å². The molecule has 2 aromatic rings. The van der Waals surface area contributed by atoms with Crippen LogP contribution < -0.4 is 10.2 Å². The SMILES string of the molecule is CCCc1ccc(/C(C)=N/NC(=O)c2ccc(OCC)cc2)cc1. The fraction of sp³-hybridized carbons (Fsp3) is 0.300. The molecular weight excluding hydrogens is 300 g/mol. The lowest BCUT2D eigenvalue weighted by atomic mass is 10.1. The molecule has 0 spiro atoms. The first-order chi connectivity index (χ1) is 11.6. The van der Waals surface area contributed by atoms with E-state index < -0.39 is 0 Å². The minimum Gasteiger partial charge on any atom is -0.494 e. The van der Waals surface area contributed by atoms with Crippen molar-refractivity contribution in [3.8, 4) is 5.75 Å². The molecule has 0 heterocycles. The van der Waals surface area contributed by atoms with Crippen LogP contribution in [0, 0.1) is 0 Å². The smallest absolute Gasteiger partial charge is 0.271 e. The Morgan fingerprint density at radius 3 is 2.21 bits per heavy atom. The van der Waals surface area contributed by atoms with Gasteiger partial charge in [-0.25, -0.2) is 5.43 Å². The molecule has 0 bridgehead atoms. The Labute approximate surface area is 143 Å². The van der Waals surface area contributed by atoms with Crippen molar-refractivity contribution in [1.82, 2.24) is 5.43 Å². The van der Waals surface area contributed by atoms with E-state index in [0.29, 0.717) is 12.2 Å². The van der Waals surface area contributed by atoms with Crippen LogP contribution in [0.25, 0.3) is 0 Å². The van der Waals surface area contributed by atoms with Gasteiger partial charge in [0.15, 0.2) is 0 Å². The van der Waals surface area contributed by atoms with Gasteiger partial charge in [-0.05, 0) is 55.7 Å². The Bertz CT molecular complexity index is 689.